The summed E-state index contributed by atoms with van der Waals surface area (Å²) < 4.78 is 0. The van der Waals surface area contributed by atoms with E-state index in [-0.39, 0.29) is 0 Å². The molecule has 6 nitrogen and oxygen atoms in total. The molecule has 3 rings (SSSR count). The Kier molecular flexibility index (Phi) is 5.39. The molecular formula is C21H11N3O3. The van der Waals surface area contributed by atoms with Crippen molar-refractivity contribution in [1.29, 1.82) is 0 Å². The lowest BCUT2D eigenvalue weighted by Gasteiger charge is -2.09. The molecule has 0 saturated heterocycles. The van der Waals surface area contributed by atoms with Gasteiger partial charge in [-0.2, -0.15) is 15.0 Å². The van der Waals surface area contributed by atoms with Crippen LogP contribution in [0.3, 0.4) is 0 Å². The van der Waals surface area contributed by atoms with E-state index in [1.807, 2.05) is 24.3 Å². The highest BCUT2D eigenvalue weighted by molar-refractivity contribution is 5.82. The van der Waals surface area contributed by atoms with Crippen molar-refractivity contribution < 1.29 is 14.4 Å². The highest BCUT2D eigenvalue weighted by Crippen LogP contribution is 2.35. The zero-order valence-electron chi connectivity index (χ0n) is 13.9. The van der Waals surface area contributed by atoms with Gasteiger partial charge in [0, 0.05) is 5.56 Å². The van der Waals surface area contributed by atoms with E-state index in [1.54, 1.807) is 48.5 Å². The van der Waals surface area contributed by atoms with Gasteiger partial charge >= 0.3 is 0 Å². The number of carbonyl (C=O) groups excluding carboxylic acids is 3. The number of hydrogen-bond donors (Lipinski definition) is 0. The maximum atomic E-state index is 10.9. The first-order chi connectivity index (χ1) is 13.2. The monoisotopic (exact) mass is 353 g/mol. The Balaban J connectivity index is 2.03. The molecule has 27 heavy (non-hydrogen) atoms. The molecule has 128 valence electrons. The number of isocyanates is 3. The van der Waals surface area contributed by atoms with E-state index in [0.717, 1.165) is 22.3 Å². The van der Waals surface area contributed by atoms with E-state index < -0.39 is 0 Å². The Morgan fingerprint density at radius 1 is 0.519 bits per heavy atom. The maximum absolute atomic E-state index is 10.9. The van der Waals surface area contributed by atoms with Crippen molar-refractivity contribution in [2.75, 3.05) is 0 Å². The molecule has 0 aromatic heterocycles. The van der Waals surface area contributed by atoms with Gasteiger partial charge in [0.05, 0.1) is 17.1 Å². The topological polar surface area (TPSA) is 88.3 Å². The van der Waals surface area contributed by atoms with E-state index in [2.05, 4.69) is 15.0 Å². The van der Waals surface area contributed by atoms with Crippen LogP contribution in [0.25, 0.3) is 22.3 Å². The molecule has 0 fully saturated rings. The second-order valence-electron chi connectivity index (χ2n) is 5.43. The minimum absolute atomic E-state index is 0.462. The van der Waals surface area contributed by atoms with Crippen molar-refractivity contribution in [1.82, 2.24) is 0 Å². The number of nitrogens with zero attached hydrogens (tertiary/aromatic N) is 3. The van der Waals surface area contributed by atoms with Gasteiger partial charge in [0.1, 0.15) is 0 Å². The fraction of sp³-hybridized carbons (Fsp3) is 0. The predicted molar refractivity (Wildman–Crippen MR) is 101 cm³/mol. The van der Waals surface area contributed by atoms with Crippen LogP contribution in [0.15, 0.2) is 81.7 Å². The quantitative estimate of drug-likeness (QED) is 0.481. The molecule has 0 heterocycles. The third kappa shape index (κ3) is 4.07. The lowest BCUT2D eigenvalue weighted by atomic mass is 9.98. The van der Waals surface area contributed by atoms with Crippen LogP contribution < -0.4 is 0 Å². The second-order valence-corrected chi connectivity index (χ2v) is 5.43. The average Bonchev–Trinajstić information content (AvgIpc) is 2.70. The van der Waals surface area contributed by atoms with Crippen LogP contribution in [0.2, 0.25) is 0 Å². The first-order valence-electron chi connectivity index (χ1n) is 7.83. The van der Waals surface area contributed by atoms with Gasteiger partial charge in [0.2, 0.25) is 18.2 Å². The average molecular weight is 353 g/mol. The zero-order chi connectivity index (χ0) is 19.1. The maximum Gasteiger partial charge on any atom is 0.240 e. The van der Waals surface area contributed by atoms with Crippen molar-refractivity contribution in [2.24, 2.45) is 15.0 Å². The summed E-state index contributed by atoms with van der Waals surface area (Å²) in [5, 5.41) is 0. The van der Waals surface area contributed by atoms with Crippen LogP contribution in [0, 0.1) is 0 Å². The van der Waals surface area contributed by atoms with Gasteiger partial charge in [-0.05, 0) is 47.0 Å². The smallest absolute Gasteiger partial charge is 0.211 e. The summed E-state index contributed by atoms with van der Waals surface area (Å²) in [7, 11) is 0. The van der Waals surface area contributed by atoms with Crippen molar-refractivity contribution in [3.8, 4) is 22.3 Å². The third-order valence-electron chi connectivity index (χ3n) is 3.89. The van der Waals surface area contributed by atoms with Crippen LogP contribution in [0.4, 0.5) is 17.1 Å². The van der Waals surface area contributed by atoms with Crippen LogP contribution in [-0.2, 0) is 14.4 Å². The van der Waals surface area contributed by atoms with Crippen molar-refractivity contribution in [2.45, 2.75) is 0 Å². The second kappa shape index (κ2) is 8.26. The Labute approximate surface area is 154 Å². The summed E-state index contributed by atoms with van der Waals surface area (Å²) in [6.45, 7) is 0. The molecule has 0 N–H and O–H groups in total. The van der Waals surface area contributed by atoms with E-state index in [4.69, 9.17) is 0 Å². The molecule has 0 aliphatic rings. The fourth-order valence-electron chi connectivity index (χ4n) is 2.65. The predicted octanol–water partition coefficient (Wildman–Crippen LogP) is 4.92. The van der Waals surface area contributed by atoms with Gasteiger partial charge in [0.25, 0.3) is 0 Å². The summed E-state index contributed by atoms with van der Waals surface area (Å²) in [5.41, 5.74) is 4.74. The number of hydrogen-bond acceptors (Lipinski definition) is 6. The summed E-state index contributed by atoms with van der Waals surface area (Å²) in [5.74, 6) is 0. The van der Waals surface area contributed by atoms with Gasteiger partial charge in [-0.1, -0.05) is 36.4 Å². The molecule has 0 radical (unpaired) electrons. The van der Waals surface area contributed by atoms with E-state index >= 15 is 0 Å². The van der Waals surface area contributed by atoms with Crippen LogP contribution in [0.1, 0.15) is 0 Å². The lowest BCUT2D eigenvalue weighted by Crippen LogP contribution is -1.83. The fourth-order valence-corrected chi connectivity index (χ4v) is 2.65. The molecule has 0 atom stereocenters. The SMILES string of the molecule is O=C=Nc1ccc(-c2ccc(-c3ccc(N=C=O)cc3)c(N=C=O)c2)cc1. The number of benzene rings is 3. The van der Waals surface area contributed by atoms with Gasteiger partial charge in [0.15, 0.2) is 0 Å². The standard InChI is InChI=1S/C21H11N3O3/c25-12-22-18-6-1-15(2-7-18)17-5-10-20(21(11-17)24-14-27)16-3-8-19(9-4-16)23-13-26/h1-11H. The van der Waals surface area contributed by atoms with Gasteiger partial charge in [-0.25, -0.2) is 14.4 Å². The molecule has 0 amide bonds. The Bertz CT molecular complexity index is 1120. The minimum atomic E-state index is 0.462. The van der Waals surface area contributed by atoms with Crippen LogP contribution >= 0.6 is 0 Å². The van der Waals surface area contributed by atoms with Crippen molar-refractivity contribution in [3.63, 3.8) is 0 Å². The van der Waals surface area contributed by atoms with Crippen molar-refractivity contribution >= 4 is 35.3 Å². The molecule has 6 heteroatoms. The molecule has 0 aliphatic carbocycles. The van der Waals surface area contributed by atoms with E-state index in [9.17, 15) is 14.4 Å². The molecule has 0 aliphatic heterocycles. The van der Waals surface area contributed by atoms with Crippen molar-refractivity contribution in [3.05, 3.63) is 66.7 Å². The first-order valence-corrected chi connectivity index (χ1v) is 7.83. The van der Waals surface area contributed by atoms with E-state index in [1.165, 1.54) is 12.2 Å². The summed E-state index contributed by atoms with van der Waals surface area (Å²) >= 11 is 0. The summed E-state index contributed by atoms with van der Waals surface area (Å²) in [6, 6.07) is 19.4. The molecule has 0 saturated carbocycles. The highest BCUT2D eigenvalue weighted by atomic mass is 16.1. The van der Waals surface area contributed by atoms with E-state index in [0.29, 0.717) is 17.1 Å². The molecule has 3 aromatic rings. The van der Waals surface area contributed by atoms with Crippen LogP contribution in [-0.4, -0.2) is 18.2 Å². The zero-order valence-corrected chi connectivity index (χ0v) is 13.9. The van der Waals surface area contributed by atoms with Gasteiger partial charge in [-0.3, -0.25) is 0 Å². The highest BCUT2D eigenvalue weighted by Gasteiger charge is 2.08. The summed E-state index contributed by atoms with van der Waals surface area (Å²) in [6.07, 6.45) is 4.56. The Morgan fingerprint density at radius 3 is 1.52 bits per heavy atom. The van der Waals surface area contributed by atoms with Crippen LogP contribution in [0.5, 0.6) is 0 Å². The molecule has 0 unspecified atom stereocenters. The molecule has 3 aromatic carbocycles. The molecule has 0 bridgehead atoms. The molecular weight excluding hydrogens is 342 g/mol. The normalized spacial score (nSPS) is 9.48. The minimum Gasteiger partial charge on any atom is -0.211 e. The summed E-state index contributed by atoms with van der Waals surface area (Å²) in [4.78, 5) is 42.4. The number of rotatable bonds is 5. The Morgan fingerprint density at radius 2 is 1.00 bits per heavy atom. The van der Waals surface area contributed by atoms with Gasteiger partial charge < -0.3 is 0 Å². The third-order valence-corrected chi connectivity index (χ3v) is 3.89. The Hall–Kier alpha value is -4.20. The lowest BCUT2D eigenvalue weighted by molar-refractivity contribution is 0.564. The molecule has 0 spiro atoms. The largest absolute Gasteiger partial charge is 0.240 e. The van der Waals surface area contributed by atoms with Gasteiger partial charge in [-0.15, -0.1) is 0 Å². The number of aliphatic imine (C=N–C) groups is 3. The first kappa shape index (κ1) is 17.6.